The van der Waals surface area contributed by atoms with Crippen LogP contribution >= 0.6 is 0 Å². The minimum absolute atomic E-state index is 0.0171. The Morgan fingerprint density at radius 1 is 1.53 bits per heavy atom. The van der Waals surface area contributed by atoms with Crippen LogP contribution < -0.4 is 5.32 Å². The number of nitrogens with zero attached hydrogens (tertiary/aromatic N) is 1. The minimum Gasteiger partial charge on any atom is -0.466 e. The molecule has 1 aromatic rings. The van der Waals surface area contributed by atoms with E-state index in [1.807, 2.05) is 19.9 Å². The lowest BCUT2D eigenvalue weighted by Crippen LogP contribution is -2.44. The van der Waals surface area contributed by atoms with E-state index in [9.17, 15) is 4.79 Å². The third-order valence-corrected chi connectivity index (χ3v) is 3.60. The summed E-state index contributed by atoms with van der Waals surface area (Å²) in [7, 11) is 0. The van der Waals surface area contributed by atoms with E-state index in [0.29, 0.717) is 11.3 Å². The third kappa shape index (κ3) is 3.47. The average molecular weight is 262 g/mol. The molecule has 0 saturated carbocycles. The highest BCUT2D eigenvalue weighted by Crippen LogP contribution is 2.15. The van der Waals surface area contributed by atoms with Crippen molar-refractivity contribution >= 4 is 5.91 Å². The number of aryl methyl sites for hydroxylation is 2. The lowest BCUT2D eigenvalue weighted by atomic mass is 10.0. The summed E-state index contributed by atoms with van der Waals surface area (Å²) >= 11 is 0. The van der Waals surface area contributed by atoms with Gasteiger partial charge in [-0.15, -0.1) is 6.58 Å². The van der Waals surface area contributed by atoms with Crippen LogP contribution in [0.2, 0.25) is 0 Å². The molecule has 1 amide bonds. The maximum absolute atomic E-state index is 12.2. The van der Waals surface area contributed by atoms with Gasteiger partial charge in [-0.1, -0.05) is 6.08 Å². The quantitative estimate of drug-likeness (QED) is 0.847. The normalized spacial score (nSPS) is 17.4. The van der Waals surface area contributed by atoms with Crippen LogP contribution in [0.5, 0.6) is 0 Å². The van der Waals surface area contributed by atoms with Crippen molar-refractivity contribution < 1.29 is 9.21 Å². The van der Waals surface area contributed by atoms with Gasteiger partial charge in [-0.3, -0.25) is 9.69 Å². The number of hydrogen-bond acceptors (Lipinski definition) is 3. The Morgan fingerprint density at radius 3 is 2.74 bits per heavy atom. The molecule has 0 atom stereocenters. The number of piperidine rings is 1. The molecule has 0 radical (unpaired) electrons. The number of rotatable bonds is 4. The van der Waals surface area contributed by atoms with Crippen molar-refractivity contribution in [2.24, 2.45) is 0 Å². The molecule has 2 heterocycles. The summed E-state index contributed by atoms with van der Waals surface area (Å²) in [4.78, 5) is 14.5. The predicted molar refractivity (Wildman–Crippen MR) is 75.3 cm³/mol. The molecule has 4 heteroatoms. The molecule has 0 unspecified atom stereocenters. The van der Waals surface area contributed by atoms with Crippen LogP contribution in [-0.4, -0.2) is 36.5 Å². The lowest BCUT2D eigenvalue weighted by Gasteiger charge is -2.31. The molecule has 1 fully saturated rings. The first-order valence-electron chi connectivity index (χ1n) is 6.81. The molecular weight excluding hydrogens is 240 g/mol. The molecule has 104 valence electrons. The third-order valence-electron chi connectivity index (χ3n) is 3.60. The van der Waals surface area contributed by atoms with Crippen LogP contribution in [0.1, 0.15) is 34.7 Å². The standard InChI is InChI=1S/C15H22N2O2/c1-4-7-17-8-5-13(6-9-17)16-15(18)14-10-11(2)19-12(14)3/h4,10,13H,1,5-9H2,2-3H3,(H,16,18). The molecular formula is C15H22N2O2. The second-order valence-electron chi connectivity index (χ2n) is 5.16. The number of likely N-dealkylation sites (tertiary alicyclic amines) is 1. The summed E-state index contributed by atoms with van der Waals surface area (Å²) in [6.45, 7) is 10.4. The van der Waals surface area contributed by atoms with Gasteiger partial charge < -0.3 is 9.73 Å². The second kappa shape index (κ2) is 6.06. The van der Waals surface area contributed by atoms with E-state index in [-0.39, 0.29) is 11.9 Å². The number of nitrogens with one attached hydrogen (secondary N) is 1. The van der Waals surface area contributed by atoms with Gasteiger partial charge in [-0.2, -0.15) is 0 Å². The van der Waals surface area contributed by atoms with Gasteiger partial charge in [0, 0.05) is 25.7 Å². The van der Waals surface area contributed by atoms with E-state index in [1.54, 1.807) is 6.07 Å². The summed E-state index contributed by atoms with van der Waals surface area (Å²) in [5.41, 5.74) is 0.658. The molecule has 0 aliphatic carbocycles. The predicted octanol–water partition coefficient (Wildman–Crippen LogP) is 2.28. The minimum atomic E-state index is -0.0171. The summed E-state index contributed by atoms with van der Waals surface area (Å²) in [5.74, 6) is 1.46. The topological polar surface area (TPSA) is 45.5 Å². The first-order valence-corrected chi connectivity index (χ1v) is 6.81. The Balaban J connectivity index is 1.87. The zero-order valence-corrected chi connectivity index (χ0v) is 11.7. The Morgan fingerprint density at radius 2 is 2.21 bits per heavy atom. The number of furan rings is 1. The molecule has 1 aliphatic heterocycles. The van der Waals surface area contributed by atoms with E-state index in [1.165, 1.54) is 0 Å². The monoisotopic (exact) mass is 262 g/mol. The number of carbonyl (C=O) groups excluding carboxylic acids is 1. The van der Waals surface area contributed by atoms with E-state index in [0.717, 1.165) is 38.2 Å². The van der Waals surface area contributed by atoms with Gasteiger partial charge in [0.2, 0.25) is 0 Å². The molecule has 4 nitrogen and oxygen atoms in total. The number of carbonyl (C=O) groups is 1. The molecule has 0 bridgehead atoms. The van der Waals surface area contributed by atoms with Crippen molar-refractivity contribution in [3.63, 3.8) is 0 Å². The van der Waals surface area contributed by atoms with Crippen molar-refractivity contribution in [1.29, 1.82) is 0 Å². The van der Waals surface area contributed by atoms with Crippen molar-refractivity contribution in [2.45, 2.75) is 32.7 Å². The van der Waals surface area contributed by atoms with Crippen LogP contribution in [0.15, 0.2) is 23.1 Å². The molecule has 1 saturated heterocycles. The zero-order valence-electron chi connectivity index (χ0n) is 11.7. The molecule has 1 N–H and O–H groups in total. The first-order chi connectivity index (χ1) is 9.10. The van der Waals surface area contributed by atoms with Gasteiger partial charge in [0.25, 0.3) is 5.91 Å². The highest BCUT2D eigenvalue weighted by molar-refractivity contribution is 5.95. The van der Waals surface area contributed by atoms with Gasteiger partial charge in [0.1, 0.15) is 11.5 Å². The molecule has 2 rings (SSSR count). The average Bonchev–Trinajstić information content (AvgIpc) is 2.71. The summed E-state index contributed by atoms with van der Waals surface area (Å²) in [5, 5.41) is 3.10. The first kappa shape index (κ1) is 13.9. The van der Waals surface area contributed by atoms with Gasteiger partial charge in [0.05, 0.1) is 5.56 Å². The van der Waals surface area contributed by atoms with Gasteiger partial charge in [-0.05, 0) is 32.8 Å². The SMILES string of the molecule is C=CCN1CCC(NC(=O)c2cc(C)oc2C)CC1. The Labute approximate surface area is 114 Å². The van der Waals surface area contributed by atoms with Crippen LogP contribution in [0.4, 0.5) is 0 Å². The van der Waals surface area contributed by atoms with Crippen LogP contribution in [0.25, 0.3) is 0 Å². The molecule has 0 spiro atoms. The molecule has 0 aromatic carbocycles. The van der Waals surface area contributed by atoms with Gasteiger partial charge >= 0.3 is 0 Å². The molecule has 1 aromatic heterocycles. The van der Waals surface area contributed by atoms with Crippen molar-refractivity contribution in [1.82, 2.24) is 10.2 Å². The largest absolute Gasteiger partial charge is 0.466 e. The van der Waals surface area contributed by atoms with Crippen molar-refractivity contribution in [3.8, 4) is 0 Å². The van der Waals surface area contributed by atoms with Gasteiger partial charge in [0.15, 0.2) is 0 Å². The van der Waals surface area contributed by atoms with E-state index >= 15 is 0 Å². The zero-order chi connectivity index (χ0) is 13.8. The summed E-state index contributed by atoms with van der Waals surface area (Å²) in [6.07, 6.45) is 3.92. The number of hydrogen-bond donors (Lipinski definition) is 1. The van der Waals surface area contributed by atoms with E-state index < -0.39 is 0 Å². The molecule has 1 aliphatic rings. The van der Waals surface area contributed by atoms with Crippen LogP contribution in [0, 0.1) is 13.8 Å². The lowest BCUT2D eigenvalue weighted by molar-refractivity contribution is 0.0912. The van der Waals surface area contributed by atoms with E-state index in [2.05, 4.69) is 16.8 Å². The Hall–Kier alpha value is -1.55. The maximum Gasteiger partial charge on any atom is 0.255 e. The highest BCUT2D eigenvalue weighted by Gasteiger charge is 2.22. The summed E-state index contributed by atoms with van der Waals surface area (Å²) < 4.78 is 5.39. The fraction of sp³-hybridized carbons (Fsp3) is 0.533. The van der Waals surface area contributed by atoms with Crippen molar-refractivity contribution in [3.05, 3.63) is 35.8 Å². The van der Waals surface area contributed by atoms with Crippen molar-refractivity contribution in [2.75, 3.05) is 19.6 Å². The fourth-order valence-corrected chi connectivity index (χ4v) is 2.56. The second-order valence-corrected chi connectivity index (χ2v) is 5.16. The number of amides is 1. The Bertz CT molecular complexity index is 457. The highest BCUT2D eigenvalue weighted by atomic mass is 16.3. The van der Waals surface area contributed by atoms with Crippen LogP contribution in [0.3, 0.4) is 0 Å². The Kier molecular flexibility index (Phi) is 4.43. The summed E-state index contributed by atoms with van der Waals surface area (Å²) in [6, 6.07) is 2.07. The maximum atomic E-state index is 12.2. The molecule has 19 heavy (non-hydrogen) atoms. The van der Waals surface area contributed by atoms with E-state index in [4.69, 9.17) is 4.42 Å². The smallest absolute Gasteiger partial charge is 0.255 e. The van der Waals surface area contributed by atoms with Gasteiger partial charge in [-0.25, -0.2) is 0 Å². The fourth-order valence-electron chi connectivity index (χ4n) is 2.56. The van der Waals surface area contributed by atoms with Crippen LogP contribution in [-0.2, 0) is 0 Å².